The van der Waals surface area contributed by atoms with Gasteiger partial charge in [-0.2, -0.15) is 0 Å². The molecule has 4 aliphatic rings. The lowest BCUT2D eigenvalue weighted by molar-refractivity contribution is 0.0175. The number of piperazine rings is 1. The van der Waals surface area contributed by atoms with Crippen LogP contribution in [0.15, 0.2) is 0 Å². The van der Waals surface area contributed by atoms with Crippen molar-refractivity contribution in [2.45, 2.75) is 63.5 Å². The summed E-state index contributed by atoms with van der Waals surface area (Å²) < 4.78 is 5.80. The summed E-state index contributed by atoms with van der Waals surface area (Å²) in [7, 11) is 0. The molecule has 4 heteroatoms. The summed E-state index contributed by atoms with van der Waals surface area (Å²) in [5.41, 5.74) is 0.712. The summed E-state index contributed by atoms with van der Waals surface area (Å²) in [5.74, 6) is 0. The number of hydrogen-bond acceptors (Lipinski definition) is 4. The molecule has 1 N–H and O–H groups in total. The second kappa shape index (κ2) is 7.38. The van der Waals surface area contributed by atoms with Crippen LogP contribution in [-0.4, -0.2) is 74.4 Å². The van der Waals surface area contributed by atoms with Crippen molar-refractivity contribution in [1.29, 1.82) is 0 Å². The van der Waals surface area contributed by atoms with E-state index in [1.165, 1.54) is 97.2 Å². The molecule has 0 radical (unpaired) electrons. The zero-order valence-electron chi connectivity index (χ0n) is 14.8. The van der Waals surface area contributed by atoms with Gasteiger partial charge in [0.25, 0.3) is 0 Å². The van der Waals surface area contributed by atoms with Crippen molar-refractivity contribution < 1.29 is 4.74 Å². The highest BCUT2D eigenvalue weighted by molar-refractivity contribution is 4.93. The maximum atomic E-state index is 5.80. The molecule has 3 heterocycles. The van der Waals surface area contributed by atoms with E-state index in [1.807, 2.05) is 0 Å². The van der Waals surface area contributed by atoms with Crippen LogP contribution in [0.25, 0.3) is 0 Å². The van der Waals surface area contributed by atoms with Gasteiger partial charge >= 0.3 is 0 Å². The summed E-state index contributed by atoms with van der Waals surface area (Å²) in [6.45, 7) is 9.76. The van der Waals surface area contributed by atoms with Crippen molar-refractivity contribution in [3.8, 4) is 0 Å². The maximum absolute atomic E-state index is 5.80. The first-order valence-electron chi connectivity index (χ1n) is 10.1. The predicted molar refractivity (Wildman–Crippen MR) is 93.8 cm³/mol. The molecule has 0 aromatic rings. The highest BCUT2D eigenvalue weighted by Gasteiger charge is 2.38. The van der Waals surface area contributed by atoms with E-state index in [0.717, 1.165) is 12.6 Å². The molecule has 4 rings (SSSR count). The zero-order chi connectivity index (χ0) is 15.5. The molecule has 1 aliphatic carbocycles. The van der Waals surface area contributed by atoms with E-state index in [9.17, 15) is 0 Å². The molecule has 1 atom stereocenters. The third kappa shape index (κ3) is 3.92. The predicted octanol–water partition coefficient (Wildman–Crippen LogP) is 2.10. The van der Waals surface area contributed by atoms with Crippen LogP contribution in [0.3, 0.4) is 0 Å². The summed E-state index contributed by atoms with van der Waals surface area (Å²) in [6, 6.07) is 0.875. The first-order chi connectivity index (χ1) is 11.3. The monoisotopic (exact) mass is 321 g/mol. The molecule has 1 spiro atoms. The number of nitrogens with one attached hydrogen (secondary N) is 1. The van der Waals surface area contributed by atoms with Gasteiger partial charge in [0.2, 0.25) is 0 Å². The van der Waals surface area contributed by atoms with Crippen LogP contribution >= 0.6 is 0 Å². The number of piperidine rings is 1. The molecule has 1 unspecified atom stereocenters. The fourth-order valence-electron chi connectivity index (χ4n) is 5.42. The third-order valence-electron chi connectivity index (χ3n) is 7.09. The van der Waals surface area contributed by atoms with Crippen LogP contribution in [0.1, 0.15) is 51.4 Å². The van der Waals surface area contributed by atoms with Crippen LogP contribution in [0.4, 0.5) is 0 Å². The van der Waals surface area contributed by atoms with Crippen LogP contribution in [0.5, 0.6) is 0 Å². The lowest BCUT2D eigenvalue weighted by atomic mass is 9.67. The van der Waals surface area contributed by atoms with Gasteiger partial charge in [-0.05, 0) is 69.9 Å². The summed E-state index contributed by atoms with van der Waals surface area (Å²) in [5, 5.41) is 3.54. The molecule has 4 nitrogen and oxygen atoms in total. The SMILES string of the molecule is C1COC(CN2CCN(C3CCC4(CCNCC4)CC3)CC2)C1. The summed E-state index contributed by atoms with van der Waals surface area (Å²) in [6.07, 6.45) is 11.8. The molecule has 0 aromatic heterocycles. The maximum Gasteiger partial charge on any atom is 0.0702 e. The second-order valence-corrected chi connectivity index (χ2v) is 8.45. The molecule has 3 aliphatic heterocycles. The molecule has 132 valence electrons. The minimum atomic E-state index is 0.524. The number of rotatable bonds is 3. The van der Waals surface area contributed by atoms with Gasteiger partial charge in [0.15, 0.2) is 0 Å². The van der Waals surface area contributed by atoms with Gasteiger partial charge in [0.05, 0.1) is 6.10 Å². The van der Waals surface area contributed by atoms with E-state index in [0.29, 0.717) is 11.5 Å². The normalized spacial score (nSPS) is 34.2. The Balaban J connectivity index is 1.20. The van der Waals surface area contributed by atoms with Crippen LogP contribution < -0.4 is 5.32 Å². The van der Waals surface area contributed by atoms with Crippen LogP contribution in [-0.2, 0) is 4.74 Å². The molecule has 0 aromatic carbocycles. The number of ether oxygens (including phenoxy) is 1. The Kier molecular flexibility index (Phi) is 5.24. The van der Waals surface area contributed by atoms with Crippen LogP contribution in [0, 0.1) is 5.41 Å². The van der Waals surface area contributed by atoms with Crippen molar-refractivity contribution >= 4 is 0 Å². The molecular weight excluding hydrogens is 286 g/mol. The lowest BCUT2D eigenvalue weighted by Gasteiger charge is -2.47. The van der Waals surface area contributed by atoms with Crippen molar-refractivity contribution in [2.75, 3.05) is 52.4 Å². The zero-order valence-corrected chi connectivity index (χ0v) is 14.8. The summed E-state index contributed by atoms with van der Waals surface area (Å²) in [4.78, 5) is 5.45. The molecule has 0 amide bonds. The van der Waals surface area contributed by atoms with Gasteiger partial charge in [-0.15, -0.1) is 0 Å². The Morgan fingerprint density at radius 3 is 2.30 bits per heavy atom. The topological polar surface area (TPSA) is 27.7 Å². The Morgan fingerprint density at radius 1 is 0.913 bits per heavy atom. The van der Waals surface area contributed by atoms with Gasteiger partial charge in [-0.25, -0.2) is 0 Å². The van der Waals surface area contributed by atoms with E-state index >= 15 is 0 Å². The number of nitrogens with zero attached hydrogens (tertiary/aromatic N) is 2. The van der Waals surface area contributed by atoms with Gasteiger partial charge in [0.1, 0.15) is 0 Å². The standard InChI is InChI=1S/C19H35N3O/c1-2-18(23-15-1)16-21-11-13-22(14-12-21)17-3-5-19(6-4-17)7-9-20-10-8-19/h17-18,20H,1-16H2. The molecule has 4 fully saturated rings. The quantitative estimate of drug-likeness (QED) is 0.861. The average molecular weight is 322 g/mol. The molecular formula is C19H35N3O. The van der Waals surface area contributed by atoms with E-state index in [4.69, 9.17) is 4.74 Å². The largest absolute Gasteiger partial charge is 0.377 e. The van der Waals surface area contributed by atoms with E-state index in [2.05, 4.69) is 15.1 Å². The second-order valence-electron chi connectivity index (χ2n) is 8.45. The van der Waals surface area contributed by atoms with Crippen molar-refractivity contribution in [3.63, 3.8) is 0 Å². The van der Waals surface area contributed by atoms with Gasteiger partial charge < -0.3 is 10.1 Å². The first-order valence-corrected chi connectivity index (χ1v) is 10.1. The van der Waals surface area contributed by atoms with E-state index in [-0.39, 0.29) is 0 Å². The molecule has 23 heavy (non-hydrogen) atoms. The smallest absolute Gasteiger partial charge is 0.0702 e. The van der Waals surface area contributed by atoms with Crippen molar-refractivity contribution in [3.05, 3.63) is 0 Å². The Morgan fingerprint density at radius 2 is 1.65 bits per heavy atom. The number of hydrogen-bond donors (Lipinski definition) is 1. The van der Waals surface area contributed by atoms with Crippen molar-refractivity contribution in [2.24, 2.45) is 5.41 Å². The van der Waals surface area contributed by atoms with E-state index in [1.54, 1.807) is 0 Å². The van der Waals surface area contributed by atoms with Gasteiger partial charge in [-0.3, -0.25) is 9.80 Å². The lowest BCUT2D eigenvalue weighted by Crippen LogP contribution is -2.53. The van der Waals surface area contributed by atoms with E-state index < -0.39 is 0 Å². The minimum Gasteiger partial charge on any atom is -0.377 e. The first kappa shape index (κ1) is 16.3. The fourth-order valence-corrected chi connectivity index (χ4v) is 5.42. The average Bonchev–Trinajstić information content (AvgIpc) is 3.10. The molecule has 0 bridgehead atoms. The highest BCUT2D eigenvalue weighted by atomic mass is 16.5. The third-order valence-corrected chi connectivity index (χ3v) is 7.09. The molecule has 1 saturated carbocycles. The van der Waals surface area contributed by atoms with Crippen molar-refractivity contribution in [1.82, 2.24) is 15.1 Å². The highest BCUT2D eigenvalue weighted by Crippen LogP contribution is 2.44. The van der Waals surface area contributed by atoms with Gasteiger partial charge in [-0.1, -0.05) is 0 Å². The Bertz CT molecular complexity index is 359. The fraction of sp³-hybridized carbons (Fsp3) is 1.00. The summed E-state index contributed by atoms with van der Waals surface area (Å²) >= 11 is 0. The minimum absolute atomic E-state index is 0.524. The van der Waals surface area contributed by atoms with Crippen LogP contribution in [0.2, 0.25) is 0 Å². The Labute approximate surface area is 141 Å². The van der Waals surface area contributed by atoms with Gasteiger partial charge in [0, 0.05) is 45.4 Å². The molecule has 3 saturated heterocycles. The Hall–Kier alpha value is -0.160.